The molecule has 0 spiro atoms. The van der Waals surface area contributed by atoms with E-state index in [-0.39, 0.29) is 18.2 Å². The van der Waals surface area contributed by atoms with Crippen LogP contribution in [0.25, 0.3) is 0 Å². The van der Waals surface area contributed by atoms with Crippen LogP contribution in [0.3, 0.4) is 0 Å². The summed E-state index contributed by atoms with van der Waals surface area (Å²) in [5, 5.41) is 12.0. The summed E-state index contributed by atoms with van der Waals surface area (Å²) >= 11 is 0. The van der Waals surface area contributed by atoms with Gasteiger partial charge in [0.2, 0.25) is 5.91 Å². The van der Waals surface area contributed by atoms with Gasteiger partial charge in [0.05, 0.1) is 18.4 Å². The number of aliphatic carboxylic acids is 1. The number of hydrogen-bond acceptors (Lipinski definition) is 3. The summed E-state index contributed by atoms with van der Waals surface area (Å²) < 4.78 is 5.65. The molecule has 2 aromatic rings. The van der Waals surface area contributed by atoms with Crippen LogP contribution in [0, 0.1) is 5.92 Å². The van der Waals surface area contributed by atoms with Crippen LogP contribution in [-0.2, 0) is 16.0 Å². The molecule has 0 radical (unpaired) electrons. The number of rotatable bonds is 5. The fourth-order valence-electron chi connectivity index (χ4n) is 2.90. The van der Waals surface area contributed by atoms with Crippen molar-refractivity contribution < 1.29 is 19.4 Å². The van der Waals surface area contributed by atoms with Crippen molar-refractivity contribution >= 4 is 11.9 Å². The third-order valence-electron chi connectivity index (χ3n) is 4.15. The highest BCUT2D eigenvalue weighted by molar-refractivity contribution is 5.81. The largest absolute Gasteiger partial charge is 0.492 e. The summed E-state index contributed by atoms with van der Waals surface area (Å²) in [6, 6.07) is 16.3. The van der Waals surface area contributed by atoms with Crippen LogP contribution in [0.1, 0.15) is 23.6 Å². The fraction of sp³-hybridized carbons (Fsp3) is 0.263. The molecule has 124 valence electrons. The highest BCUT2D eigenvalue weighted by Gasteiger charge is 2.28. The smallest absolute Gasteiger partial charge is 0.305 e. The lowest BCUT2D eigenvalue weighted by Crippen LogP contribution is -2.39. The number of fused-ring (bicyclic) bond motifs is 1. The minimum atomic E-state index is -0.950. The van der Waals surface area contributed by atoms with Gasteiger partial charge in [0.1, 0.15) is 12.4 Å². The van der Waals surface area contributed by atoms with Crippen molar-refractivity contribution in [1.82, 2.24) is 5.32 Å². The molecule has 1 heterocycles. The maximum absolute atomic E-state index is 12.6. The monoisotopic (exact) mass is 325 g/mol. The first-order valence-electron chi connectivity index (χ1n) is 7.91. The van der Waals surface area contributed by atoms with Crippen LogP contribution in [0.5, 0.6) is 5.75 Å². The van der Waals surface area contributed by atoms with E-state index in [4.69, 9.17) is 9.84 Å². The van der Waals surface area contributed by atoms with Crippen molar-refractivity contribution in [3.05, 3.63) is 65.7 Å². The lowest BCUT2D eigenvalue weighted by atomic mass is 9.95. The molecule has 5 heteroatoms. The van der Waals surface area contributed by atoms with E-state index in [2.05, 4.69) is 5.32 Å². The first kappa shape index (κ1) is 16.1. The summed E-state index contributed by atoms with van der Waals surface area (Å²) in [4.78, 5) is 23.7. The SMILES string of the molecule is O=C(O)CC(NC(=O)C1COc2ccccc2C1)c1ccccc1. The maximum Gasteiger partial charge on any atom is 0.305 e. The fourth-order valence-corrected chi connectivity index (χ4v) is 2.90. The number of carboxylic acids is 1. The van der Waals surface area contributed by atoms with Crippen LogP contribution in [0.15, 0.2) is 54.6 Å². The lowest BCUT2D eigenvalue weighted by molar-refractivity contribution is -0.138. The molecule has 5 nitrogen and oxygen atoms in total. The predicted molar refractivity (Wildman–Crippen MR) is 88.7 cm³/mol. The topological polar surface area (TPSA) is 75.6 Å². The predicted octanol–water partition coefficient (Wildman–Crippen LogP) is 2.57. The van der Waals surface area contributed by atoms with Gasteiger partial charge in [0.15, 0.2) is 0 Å². The van der Waals surface area contributed by atoms with Gasteiger partial charge < -0.3 is 15.2 Å². The minimum absolute atomic E-state index is 0.153. The first-order valence-corrected chi connectivity index (χ1v) is 7.91. The van der Waals surface area contributed by atoms with Gasteiger partial charge in [-0.05, 0) is 23.6 Å². The lowest BCUT2D eigenvalue weighted by Gasteiger charge is -2.26. The van der Waals surface area contributed by atoms with Gasteiger partial charge in [-0.25, -0.2) is 0 Å². The van der Waals surface area contributed by atoms with Crippen molar-refractivity contribution in [3.63, 3.8) is 0 Å². The molecule has 0 aromatic heterocycles. The third-order valence-corrected chi connectivity index (χ3v) is 4.15. The van der Waals surface area contributed by atoms with Crippen molar-refractivity contribution in [2.45, 2.75) is 18.9 Å². The Hall–Kier alpha value is -2.82. The minimum Gasteiger partial charge on any atom is -0.492 e. The number of benzene rings is 2. The maximum atomic E-state index is 12.6. The molecule has 2 N–H and O–H groups in total. The zero-order chi connectivity index (χ0) is 16.9. The second-order valence-corrected chi connectivity index (χ2v) is 5.89. The second-order valence-electron chi connectivity index (χ2n) is 5.89. The van der Waals surface area contributed by atoms with Crippen LogP contribution < -0.4 is 10.1 Å². The number of hydrogen-bond donors (Lipinski definition) is 2. The Bertz CT molecular complexity index is 729. The molecule has 1 aliphatic rings. The van der Waals surface area contributed by atoms with E-state index in [0.29, 0.717) is 13.0 Å². The number of carboxylic acid groups (broad SMARTS) is 1. The summed E-state index contributed by atoms with van der Waals surface area (Å²) in [6.45, 7) is 0.303. The van der Waals surface area contributed by atoms with Gasteiger partial charge in [0.25, 0.3) is 0 Å². The molecule has 1 aliphatic heterocycles. The van der Waals surface area contributed by atoms with Crippen LogP contribution >= 0.6 is 0 Å². The average molecular weight is 325 g/mol. The average Bonchev–Trinajstić information content (AvgIpc) is 2.61. The Balaban J connectivity index is 1.71. The molecule has 3 rings (SSSR count). The molecule has 0 saturated heterocycles. The molecule has 0 saturated carbocycles. The van der Waals surface area contributed by atoms with Gasteiger partial charge in [-0.3, -0.25) is 9.59 Å². The Labute approximate surface area is 140 Å². The molecule has 0 bridgehead atoms. The van der Waals surface area contributed by atoms with Crippen molar-refractivity contribution in [3.8, 4) is 5.75 Å². The van der Waals surface area contributed by atoms with Gasteiger partial charge in [-0.2, -0.15) is 0 Å². The molecule has 0 fully saturated rings. The van der Waals surface area contributed by atoms with E-state index in [0.717, 1.165) is 16.9 Å². The summed E-state index contributed by atoms with van der Waals surface area (Å²) in [7, 11) is 0. The van der Waals surface area contributed by atoms with Crippen molar-refractivity contribution in [1.29, 1.82) is 0 Å². The van der Waals surface area contributed by atoms with Crippen molar-refractivity contribution in [2.24, 2.45) is 5.92 Å². The molecule has 24 heavy (non-hydrogen) atoms. The number of ether oxygens (including phenoxy) is 1. The van der Waals surface area contributed by atoms with Crippen LogP contribution in [0.4, 0.5) is 0 Å². The van der Waals surface area contributed by atoms with Crippen LogP contribution in [-0.4, -0.2) is 23.6 Å². The highest BCUT2D eigenvalue weighted by atomic mass is 16.5. The van der Waals surface area contributed by atoms with Crippen LogP contribution in [0.2, 0.25) is 0 Å². The molecular weight excluding hydrogens is 306 g/mol. The van der Waals surface area contributed by atoms with E-state index >= 15 is 0 Å². The number of para-hydroxylation sites is 1. The van der Waals surface area contributed by atoms with E-state index in [1.807, 2.05) is 54.6 Å². The van der Waals surface area contributed by atoms with Gasteiger partial charge in [-0.15, -0.1) is 0 Å². The number of nitrogens with one attached hydrogen (secondary N) is 1. The number of carbonyl (C=O) groups excluding carboxylic acids is 1. The van der Waals surface area contributed by atoms with E-state index in [1.165, 1.54) is 0 Å². The zero-order valence-corrected chi connectivity index (χ0v) is 13.1. The van der Waals surface area contributed by atoms with Gasteiger partial charge >= 0.3 is 5.97 Å². The molecular formula is C19H19NO4. The van der Waals surface area contributed by atoms with E-state index < -0.39 is 12.0 Å². The Kier molecular flexibility index (Phi) is 4.79. The normalized spacial score (nSPS) is 17.2. The Morgan fingerprint density at radius 3 is 2.58 bits per heavy atom. The molecule has 1 amide bonds. The van der Waals surface area contributed by atoms with E-state index in [9.17, 15) is 9.59 Å². The summed E-state index contributed by atoms with van der Waals surface area (Å²) in [5.74, 6) is -0.638. The quantitative estimate of drug-likeness (QED) is 0.886. The molecule has 2 aromatic carbocycles. The highest BCUT2D eigenvalue weighted by Crippen LogP contribution is 2.27. The molecule has 2 atom stereocenters. The third kappa shape index (κ3) is 3.74. The van der Waals surface area contributed by atoms with Crippen molar-refractivity contribution in [2.75, 3.05) is 6.61 Å². The first-order chi connectivity index (χ1) is 11.6. The van der Waals surface area contributed by atoms with E-state index in [1.54, 1.807) is 0 Å². The summed E-state index contributed by atoms with van der Waals surface area (Å²) in [6.07, 6.45) is 0.441. The standard InChI is InChI=1S/C19H19NO4/c21-18(22)11-16(13-6-2-1-3-7-13)20-19(23)15-10-14-8-4-5-9-17(14)24-12-15/h1-9,15-16H,10-12H2,(H,20,23)(H,21,22). The zero-order valence-electron chi connectivity index (χ0n) is 13.1. The molecule has 2 unspecified atom stereocenters. The van der Waals surface area contributed by atoms with Gasteiger partial charge in [0, 0.05) is 0 Å². The molecule has 0 aliphatic carbocycles. The van der Waals surface area contributed by atoms with Gasteiger partial charge in [-0.1, -0.05) is 48.5 Å². The Morgan fingerprint density at radius 2 is 1.83 bits per heavy atom. The second kappa shape index (κ2) is 7.17. The number of carbonyl (C=O) groups is 2. The summed E-state index contributed by atoms with van der Waals surface area (Å²) in [5.41, 5.74) is 1.78. The number of amides is 1. The Morgan fingerprint density at radius 1 is 1.12 bits per heavy atom.